The first kappa shape index (κ1) is 11.5. The van der Waals surface area contributed by atoms with E-state index in [2.05, 4.69) is 0 Å². The molecule has 0 aliphatic rings. The van der Waals surface area contributed by atoms with Crippen molar-refractivity contribution in [1.29, 1.82) is 0 Å². The molecule has 4 nitrogen and oxygen atoms in total. The zero-order valence-corrected chi connectivity index (χ0v) is 8.77. The highest BCUT2D eigenvalue weighted by Gasteiger charge is 2.35. The first-order valence-corrected chi connectivity index (χ1v) is 4.67. The molecule has 0 amide bonds. The van der Waals surface area contributed by atoms with E-state index < -0.39 is 11.5 Å². The number of carbonyl (C=O) groups is 1. The number of aromatic hydroxyl groups is 1. The average molecular weight is 209 g/mol. The van der Waals surface area contributed by atoms with Gasteiger partial charge in [-0.15, -0.1) is 0 Å². The molecule has 2 atom stereocenters. The van der Waals surface area contributed by atoms with Gasteiger partial charge >= 0.3 is 5.97 Å². The molecule has 4 N–H and O–H groups in total. The molecule has 15 heavy (non-hydrogen) atoms. The van der Waals surface area contributed by atoms with Crippen molar-refractivity contribution in [3.63, 3.8) is 0 Å². The molecule has 0 aliphatic carbocycles. The molecule has 1 rings (SSSR count). The molecule has 0 spiro atoms. The maximum atomic E-state index is 10.9. The molecule has 0 saturated carbocycles. The number of nitrogens with two attached hydrogens (primary N) is 1. The third-order valence-corrected chi connectivity index (χ3v) is 2.75. The molecule has 0 aliphatic heterocycles. The summed E-state index contributed by atoms with van der Waals surface area (Å²) >= 11 is 0. The van der Waals surface area contributed by atoms with Crippen LogP contribution in [-0.4, -0.2) is 21.7 Å². The highest BCUT2D eigenvalue weighted by Crippen LogP contribution is 2.27. The Morgan fingerprint density at radius 3 is 2.27 bits per heavy atom. The van der Waals surface area contributed by atoms with Crippen LogP contribution in [0.1, 0.15) is 25.3 Å². The molecule has 0 bridgehead atoms. The number of carboxylic acids is 1. The van der Waals surface area contributed by atoms with E-state index in [4.69, 9.17) is 15.9 Å². The fraction of sp³-hybridized carbons (Fsp3) is 0.364. The number of rotatable bonds is 3. The van der Waals surface area contributed by atoms with Crippen molar-refractivity contribution < 1.29 is 15.0 Å². The minimum absolute atomic E-state index is 0.153. The van der Waals surface area contributed by atoms with Crippen LogP contribution in [0.3, 0.4) is 0 Å². The largest absolute Gasteiger partial charge is 0.508 e. The van der Waals surface area contributed by atoms with Crippen molar-refractivity contribution >= 4 is 5.97 Å². The highest BCUT2D eigenvalue weighted by atomic mass is 16.4. The van der Waals surface area contributed by atoms with Gasteiger partial charge in [-0.25, -0.2) is 0 Å². The van der Waals surface area contributed by atoms with E-state index in [1.54, 1.807) is 19.1 Å². The van der Waals surface area contributed by atoms with Gasteiger partial charge in [-0.2, -0.15) is 0 Å². The van der Waals surface area contributed by atoms with Crippen LogP contribution in [0.5, 0.6) is 5.75 Å². The molecule has 0 heterocycles. The molecule has 1 unspecified atom stereocenters. The second-order valence-corrected chi connectivity index (χ2v) is 3.90. The van der Waals surface area contributed by atoms with Gasteiger partial charge in [-0.1, -0.05) is 19.1 Å². The topological polar surface area (TPSA) is 83.5 Å². The zero-order valence-electron chi connectivity index (χ0n) is 8.77. The van der Waals surface area contributed by atoms with Gasteiger partial charge in [0.25, 0.3) is 0 Å². The standard InChI is InChI=1S/C11H15NO3/c1-7(11(2,12)10(14)15)8-3-5-9(13)6-4-8/h3-7,13H,12H2,1-2H3,(H,14,15)/t7-,11?/m1/s1. The molecule has 0 radical (unpaired) electrons. The second kappa shape index (κ2) is 3.90. The maximum absolute atomic E-state index is 10.9. The summed E-state index contributed by atoms with van der Waals surface area (Å²) in [5, 5.41) is 18.1. The summed E-state index contributed by atoms with van der Waals surface area (Å²) in [5.74, 6) is -1.21. The van der Waals surface area contributed by atoms with Crippen LogP contribution in [0.25, 0.3) is 0 Å². The predicted octanol–water partition coefficient (Wildman–Crippen LogP) is 1.30. The van der Waals surface area contributed by atoms with Crippen molar-refractivity contribution in [2.24, 2.45) is 5.73 Å². The summed E-state index contributed by atoms with van der Waals surface area (Å²) in [4.78, 5) is 10.9. The van der Waals surface area contributed by atoms with Gasteiger partial charge in [0.05, 0.1) is 0 Å². The van der Waals surface area contributed by atoms with Crippen molar-refractivity contribution in [3.05, 3.63) is 29.8 Å². The van der Waals surface area contributed by atoms with Crippen molar-refractivity contribution in [2.75, 3.05) is 0 Å². The molecule has 4 heteroatoms. The lowest BCUT2D eigenvalue weighted by Gasteiger charge is -2.27. The van der Waals surface area contributed by atoms with E-state index in [0.29, 0.717) is 0 Å². The Morgan fingerprint density at radius 2 is 1.87 bits per heavy atom. The normalized spacial score (nSPS) is 16.7. The zero-order chi connectivity index (χ0) is 11.6. The number of carboxylic acid groups (broad SMARTS) is 1. The molecular formula is C11H15NO3. The molecule has 82 valence electrons. The summed E-state index contributed by atoms with van der Waals surface area (Å²) < 4.78 is 0. The number of phenols is 1. The monoisotopic (exact) mass is 209 g/mol. The first-order valence-electron chi connectivity index (χ1n) is 4.67. The fourth-order valence-corrected chi connectivity index (χ4v) is 1.29. The number of benzene rings is 1. The Kier molecular flexibility index (Phi) is 3.00. The summed E-state index contributed by atoms with van der Waals surface area (Å²) in [6.07, 6.45) is 0. The molecule has 0 fully saturated rings. The van der Waals surface area contributed by atoms with Crippen LogP contribution >= 0.6 is 0 Å². The van der Waals surface area contributed by atoms with Gasteiger partial charge in [-0.3, -0.25) is 4.79 Å². The quantitative estimate of drug-likeness (QED) is 0.700. The van der Waals surface area contributed by atoms with E-state index in [1.807, 2.05) is 0 Å². The summed E-state index contributed by atoms with van der Waals surface area (Å²) in [6, 6.07) is 6.38. The van der Waals surface area contributed by atoms with Crippen LogP contribution in [0.2, 0.25) is 0 Å². The lowest BCUT2D eigenvalue weighted by atomic mass is 9.83. The summed E-state index contributed by atoms with van der Waals surface area (Å²) in [5.41, 5.74) is 5.19. The Balaban J connectivity index is 2.99. The lowest BCUT2D eigenvalue weighted by molar-refractivity contribution is -0.143. The van der Waals surface area contributed by atoms with Crippen molar-refractivity contribution in [1.82, 2.24) is 0 Å². The van der Waals surface area contributed by atoms with E-state index in [0.717, 1.165) is 5.56 Å². The van der Waals surface area contributed by atoms with E-state index in [1.165, 1.54) is 19.1 Å². The number of phenolic OH excluding ortho intramolecular Hbond substituents is 1. The second-order valence-electron chi connectivity index (χ2n) is 3.90. The van der Waals surface area contributed by atoms with Crippen LogP contribution in [0.15, 0.2) is 24.3 Å². The van der Waals surface area contributed by atoms with E-state index in [9.17, 15) is 4.79 Å². The van der Waals surface area contributed by atoms with Gasteiger partial charge < -0.3 is 15.9 Å². The van der Waals surface area contributed by atoms with E-state index >= 15 is 0 Å². The number of hydrogen-bond donors (Lipinski definition) is 3. The van der Waals surface area contributed by atoms with Crippen LogP contribution in [-0.2, 0) is 4.79 Å². The third-order valence-electron chi connectivity index (χ3n) is 2.75. The lowest BCUT2D eigenvalue weighted by Crippen LogP contribution is -2.49. The van der Waals surface area contributed by atoms with Gasteiger partial charge in [0, 0.05) is 5.92 Å². The number of aliphatic carboxylic acids is 1. The van der Waals surface area contributed by atoms with Crippen LogP contribution < -0.4 is 5.73 Å². The Bertz CT molecular complexity index is 357. The molecule has 0 saturated heterocycles. The Labute approximate surface area is 88.3 Å². The van der Waals surface area contributed by atoms with Crippen LogP contribution in [0.4, 0.5) is 0 Å². The van der Waals surface area contributed by atoms with Gasteiger partial charge in [0.15, 0.2) is 0 Å². The predicted molar refractivity (Wildman–Crippen MR) is 56.8 cm³/mol. The summed E-state index contributed by atoms with van der Waals surface area (Å²) in [7, 11) is 0. The Morgan fingerprint density at radius 1 is 1.40 bits per heavy atom. The fourth-order valence-electron chi connectivity index (χ4n) is 1.29. The third kappa shape index (κ3) is 2.27. The molecule has 0 aromatic heterocycles. The average Bonchev–Trinajstić information content (AvgIpc) is 2.17. The molecule has 1 aromatic rings. The SMILES string of the molecule is C[C@H](c1ccc(O)cc1)C(C)(N)C(=O)O. The van der Waals surface area contributed by atoms with E-state index in [-0.39, 0.29) is 11.7 Å². The number of hydrogen-bond acceptors (Lipinski definition) is 3. The Hall–Kier alpha value is -1.55. The van der Waals surface area contributed by atoms with Crippen molar-refractivity contribution in [3.8, 4) is 5.75 Å². The van der Waals surface area contributed by atoms with Gasteiger partial charge in [-0.05, 0) is 24.6 Å². The summed E-state index contributed by atoms with van der Waals surface area (Å²) in [6.45, 7) is 3.23. The molecular weight excluding hydrogens is 194 g/mol. The smallest absolute Gasteiger partial charge is 0.324 e. The van der Waals surface area contributed by atoms with Crippen LogP contribution in [0, 0.1) is 0 Å². The molecule has 1 aromatic carbocycles. The van der Waals surface area contributed by atoms with Gasteiger partial charge in [0.1, 0.15) is 11.3 Å². The van der Waals surface area contributed by atoms with Gasteiger partial charge in [0.2, 0.25) is 0 Å². The first-order chi connectivity index (χ1) is 6.85. The minimum Gasteiger partial charge on any atom is -0.508 e. The van der Waals surface area contributed by atoms with Crippen molar-refractivity contribution in [2.45, 2.75) is 25.3 Å². The highest BCUT2D eigenvalue weighted by molar-refractivity contribution is 5.79. The maximum Gasteiger partial charge on any atom is 0.324 e. The minimum atomic E-state index is -1.31.